The molecule has 0 unspecified atom stereocenters. The highest BCUT2D eigenvalue weighted by molar-refractivity contribution is 5.95. The molecule has 0 spiro atoms. The molecule has 2 aliphatic rings. The van der Waals surface area contributed by atoms with Crippen molar-refractivity contribution in [1.29, 1.82) is 0 Å². The molecule has 0 aliphatic carbocycles. The maximum atomic E-state index is 12.9. The molecule has 10 heteroatoms. The number of likely N-dealkylation sites (tertiary alicyclic amines) is 1. The molecule has 3 amide bonds. The Hall–Kier alpha value is -2.91. The lowest BCUT2D eigenvalue weighted by Gasteiger charge is -2.27. The first-order valence-electron chi connectivity index (χ1n) is 8.56. The fraction of sp³-hybridized carbons (Fsp3) is 0.562. The van der Waals surface area contributed by atoms with E-state index in [1.807, 2.05) is 0 Å². The Bertz CT molecular complexity index is 704. The lowest BCUT2D eigenvalue weighted by Crippen LogP contribution is -2.55. The van der Waals surface area contributed by atoms with Crippen LogP contribution in [0.4, 0.5) is 0 Å². The zero-order valence-corrected chi connectivity index (χ0v) is 14.1. The van der Waals surface area contributed by atoms with Crippen LogP contribution in [0.3, 0.4) is 0 Å². The number of carbonyl (C=O) groups excluding carboxylic acids is 3. The zero-order chi connectivity index (χ0) is 18.7. The summed E-state index contributed by atoms with van der Waals surface area (Å²) in [6.45, 7) is 0.339. The van der Waals surface area contributed by atoms with Crippen LogP contribution in [0.5, 0.6) is 0 Å². The number of aliphatic carboxylic acids is 1. The summed E-state index contributed by atoms with van der Waals surface area (Å²) < 4.78 is 0. The number of imidazole rings is 1. The van der Waals surface area contributed by atoms with Crippen molar-refractivity contribution >= 4 is 23.7 Å². The maximum Gasteiger partial charge on any atom is 0.326 e. The van der Waals surface area contributed by atoms with Crippen molar-refractivity contribution in [1.82, 2.24) is 25.5 Å². The molecular weight excluding hydrogens is 342 g/mol. The molecule has 3 rings (SSSR count). The molecule has 10 nitrogen and oxygen atoms in total. The fourth-order valence-corrected chi connectivity index (χ4v) is 3.39. The largest absolute Gasteiger partial charge is 0.480 e. The molecule has 0 aromatic carbocycles. The molecule has 3 heterocycles. The average Bonchev–Trinajstić information content (AvgIpc) is 3.34. The Morgan fingerprint density at radius 3 is 2.81 bits per heavy atom. The number of rotatable bonds is 6. The third-order valence-corrected chi connectivity index (χ3v) is 4.73. The van der Waals surface area contributed by atoms with Gasteiger partial charge in [0, 0.05) is 31.3 Å². The lowest BCUT2D eigenvalue weighted by molar-refractivity contribution is -0.149. The van der Waals surface area contributed by atoms with E-state index >= 15 is 0 Å². The SMILES string of the molecule is O=C1CC[C@H](C(=O)N[C@H](Cc2cnc[nH]2)C(=O)N2CCC[C@@H]2C(=O)O)N1. The predicted octanol–water partition coefficient (Wildman–Crippen LogP) is -1.21. The molecule has 2 saturated heterocycles. The number of nitrogens with zero attached hydrogens (tertiary/aromatic N) is 2. The van der Waals surface area contributed by atoms with Crippen LogP contribution in [0.25, 0.3) is 0 Å². The summed E-state index contributed by atoms with van der Waals surface area (Å²) in [5.41, 5.74) is 0.644. The second-order valence-corrected chi connectivity index (χ2v) is 6.53. The minimum absolute atomic E-state index is 0.161. The highest BCUT2D eigenvalue weighted by atomic mass is 16.4. The van der Waals surface area contributed by atoms with Gasteiger partial charge >= 0.3 is 5.97 Å². The van der Waals surface area contributed by atoms with Gasteiger partial charge in [0.05, 0.1) is 6.33 Å². The number of H-pyrrole nitrogens is 1. The first-order chi connectivity index (χ1) is 12.5. The summed E-state index contributed by atoms with van der Waals surface area (Å²) in [5, 5.41) is 14.5. The summed E-state index contributed by atoms with van der Waals surface area (Å²) in [4.78, 5) is 56.1. The molecule has 2 fully saturated rings. The van der Waals surface area contributed by atoms with Gasteiger partial charge in [0.25, 0.3) is 0 Å². The van der Waals surface area contributed by atoms with Gasteiger partial charge in [-0.1, -0.05) is 0 Å². The molecule has 1 aromatic heterocycles. The molecule has 3 atom stereocenters. The van der Waals surface area contributed by atoms with Gasteiger partial charge in [-0.15, -0.1) is 0 Å². The topological polar surface area (TPSA) is 144 Å². The van der Waals surface area contributed by atoms with Crippen molar-refractivity contribution in [2.75, 3.05) is 6.54 Å². The highest BCUT2D eigenvalue weighted by Crippen LogP contribution is 2.19. The van der Waals surface area contributed by atoms with Crippen LogP contribution in [-0.2, 0) is 25.6 Å². The number of hydrogen-bond acceptors (Lipinski definition) is 5. The Kier molecular flexibility index (Phi) is 5.19. The zero-order valence-electron chi connectivity index (χ0n) is 14.1. The van der Waals surface area contributed by atoms with Gasteiger partial charge in [0.2, 0.25) is 17.7 Å². The van der Waals surface area contributed by atoms with Gasteiger partial charge in [-0.2, -0.15) is 0 Å². The number of nitrogens with one attached hydrogen (secondary N) is 3. The first kappa shape index (κ1) is 17.9. The molecule has 0 radical (unpaired) electrons. The van der Waals surface area contributed by atoms with Crippen LogP contribution >= 0.6 is 0 Å². The maximum absolute atomic E-state index is 12.9. The van der Waals surface area contributed by atoms with E-state index in [0.717, 1.165) is 0 Å². The Morgan fingerprint density at radius 2 is 2.19 bits per heavy atom. The van der Waals surface area contributed by atoms with Crippen molar-refractivity contribution in [2.45, 2.75) is 50.2 Å². The third-order valence-electron chi connectivity index (χ3n) is 4.73. The van der Waals surface area contributed by atoms with E-state index in [-0.39, 0.29) is 18.7 Å². The summed E-state index contributed by atoms with van der Waals surface area (Å²) in [6, 6.07) is -2.48. The minimum Gasteiger partial charge on any atom is -0.480 e. The van der Waals surface area contributed by atoms with Crippen LogP contribution in [0.15, 0.2) is 12.5 Å². The average molecular weight is 363 g/mol. The molecule has 4 N–H and O–H groups in total. The number of aromatic amines is 1. The van der Waals surface area contributed by atoms with Crippen molar-refractivity contribution in [2.24, 2.45) is 0 Å². The predicted molar refractivity (Wildman–Crippen MR) is 87.8 cm³/mol. The van der Waals surface area contributed by atoms with Crippen molar-refractivity contribution < 1.29 is 24.3 Å². The molecular formula is C16H21N5O5. The molecule has 2 aliphatic heterocycles. The van der Waals surface area contributed by atoms with E-state index < -0.39 is 35.9 Å². The van der Waals surface area contributed by atoms with Crippen LogP contribution < -0.4 is 10.6 Å². The molecule has 1 aromatic rings. The third kappa shape index (κ3) is 3.84. The van der Waals surface area contributed by atoms with E-state index in [4.69, 9.17) is 0 Å². The van der Waals surface area contributed by atoms with Crippen molar-refractivity contribution in [3.8, 4) is 0 Å². The van der Waals surface area contributed by atoms with Crippen LogP contribution in [0.1, 0.15) is 31.4 Å². The van der Waals surface area contributed by atoms with E-state index in [9.17, 15) is 24.3 Å². The van der Waals surface area contributed by atoms with E-state index in [1.165, 1.54) is 11.2 Å². The Morgan fingerprint density at radius 1 is 1.38 bits per heavy atom. The van der Waals surface area contributed by atoms with Crippen LogP contribution in [0.2, 0.25) is 0 Å². The number of carbonyl (C=O) groups is 4. The lowest BCUT2D eigenvalue weighted by atomic mass is 10.1. The van der Waals surface area contributed by atoms with Gasteiger partial charge in [-0.3, -0.25) is 14.4 Å². The number of amides is 3. The van der Waals surface area contributed by atoms with Gasteiger partial charge in [0.15, 0.2) is 0 Å². The highest BCUT2D eigenvalue weighted by Gasteiger charge is 2.39. The number of carboxylic acids is 1. The number of aromatic nitrogens is 2. The quantitative estimate of drug-likeness (QED) is 0.499. The Labute approximate surface area is 149 Å². The standard InChI is InChI=1S/C16H21N5O5/c22-13-4-3-10(19-13)14(23)20-11(6-9-7-17-8-18-9)15(24)21-5-1-2-12(21)16(25)26/h7-8,10-12H,1-6H2,(H,17,18)(H,19,22)(H,20,23)(H,25,26)/t10-,11-,12-/m1/s1. The van der Waals surface area contributed by atoms with Gasteiger partial charge in [-0.05, 0) is 19.3 Å². The summed E-state index contributed by atoms with van der Waals surface area (Å²) in [7, 11) is 0. The molecule has 0 bridgehead atoms. The molecule has 26 heavy (non-hydrogen) atoms. The van der Waals surface area contributed by atoms with Gasteiger partial charge < -0.3 is 25.6 Å². The number of carboxylic acid groups (broad SMARTS) is 1. The van der Waals surface area contributed by atoms with Crippen LogP contribution in [-0.4, -0.2) is 68.3 Å². The van der Waals surface area contributed by atoms with Gasteiger partial charge in [0.1, 0.15) is 18.1 Å². The number of hydrogen-bond donors (Lipinski definition) is 4. The second kappa shape index (κ2) is 7.54. The fourth-order valence-electron chi connectivity index (χ4n) is 3.39. The molecule has 0 saturated carbocycles. The van der Waals surface area contributed by atoms with E-state index in [1.54, 1.807) is 6.20 Å². The van der Waals surface area contributed by atoms with E-state index in [2.05, 4.69) is 20.6 Å². The van der Waals surface area contributed by atoms with Crippen molar-refractivity contribution in [3.05, 3.63) is 18.2 Å². The summed E-state index contributed by atoms with van der Waals surface area (Å²) >= 11 is 0. The summed E-state index contributed by atoms with van der Waals surface area (Å²) in [5.74, 6) is -2.14. The molecule has 140 valence electrons. The second-order valence-electron chi connectivity index (χ2n) is 6.53. The van der Waals surface area contributed by atoms with E-state index in [0.29, 0.717) is 31.5 Å². The Balaban J connectivity index is 1.74. The summed E-state index contributed by atoms with van der Waals surface area (Å²) in [6.07, 6.45) is 4.81. The normalized spacial score (nSPS) is 23.5. The smallest absolute Gasteiger partial charge is 0.326 e. The van der Waals surface area contributed by atoms with Crippen LogP contribution in [0, 0.1) is 0 Å². The monoisotopic (exact) mass is 363 g/mol. The first-order valence-corrected chi connectivity index (χ1v) is 8.56. The van der Waals surface area contributed by atoms with Crippen molar-refractivity contribution in [3.63, 3.8) is 0 Å². The van der Waals surface area contributed by atoms with Gasteiger partial charge in [-0.25, -0.2) is 9.78 Å². The minimum atomic E-state index is -1.05.